The van der Waals surface area contributed by atoms with Crippen LogP contribution in [0.15, 0.2) is 66.7 Å². The van der Waals surface area contributed by atoms with Crippen molar-refractivity contribution in [2.45, 2.75) is 26.1 Å². The lowest BCUT2D eigenvalue weighted by Crippen LogP contribution is -2.32. The van der Waals surface area contributed by atoms with E-state index >= 15 is 0 Å². The Bertz CT molecular complexity index is 786. The molecule has 110 valence electrons. The molecule has 2 nitrogen and oxygen atoms in total. The highest BCUT2D eigenvalue weighted by molar-refractivity contribution is 5.65. The molecule has 1 aliphatic rings. The zero-order valence-corrected chi connectivity index (χ0v) is 12.8. The van der Waals surface area contributed by atoms with Gasteiger partial charge in [-0.05, 0) is 30.2 Å². The molecule has 0 spiro atoms. The van der Waals surface area contributed by atoms with Crippen LogP contribution in [0.1, 0.15) is 22.9 Å². The minimum Gasteiger partial charge on any atom is -0.341 e. The van der Waals surface area contributed by atoms with Gasteiger partial charge in [-0.2, -0.15) is 0 Å². The van der Waals surface area contributed by atoms with Gasteiger partial charge in [0.2, 0.25) is 0 Å². The molecule has 1 aliphatic heterocycles. The monoisotopic (exact) mass is 288 g/mol. The molecule has 22 heavy (non-hydrogen) atoms. The van der Waals surface area contributed by atoms with Gasteiger partial charge in [0, 0.05) is 30.0 Å². The molecule has 1 N–H and O–H groups in total. The number of rotatable bonds is 2. The Balaban J connectivity index is 1.73. The summed E-state index contributed by atoms with van der Waals surface area (Å²) < 4.78 is 2.47. The van der Waals surface area contributed by atoms with Gasteiger partial charge in [0.1, 0.15) is 0 Å². The summed E-state index contributed by atoms with van der Waals surface area (Å²) in [6.07, 6.45) is 0. The third kappa shape index (κ3) is 2.26. The van der Waals surface area contributed by atoms with Gasteiger partial charge < -0.3 is 9.88 Å². The first kappa shape index (κ1) is 13.4. The van der Waals surface area contributed by atoms with Crippen molar-refractivity contribution >= 4 is 0 Å². The molecule has 0 aliphatic carbocycles. The van der Waals surface area contributed by atoms with Crippen LogP contribution >= 0.6 is 0 Å². The summed E-state index contributed by atoms with van der Waals surface area (Å²) in [5, 5.41) is 3.65. The van der Waals surface area contributed by atoms with Crippen molar-refractivity contribution in [3.63, 3.8) is 0 Å². The first-order chi connectivity index (χ1) is 10.8. The number of nitrogens with zero attached hydrogens (tertiary/aromatic N) is 1. The second kappa shape index (κ2) is 5.47. The number of hydrogen-bond acceptors (Lipinski definition) is 1. The summed E-state index contributed by atoms with van der Waals surface area (Å²) in [7, 11) is 0. The number of hydrogen-bond donors (Lipinski definition) is 1. The highest BCUT2D eigenvalue weighted by Crippen LogP contribution is 2.30. The van der Waals surface area contributed by atoms with E-state index in [9.17, 15) is 0 Å². The Morgan fingerprint density at radius 3 is 2.50 bits per heavy atom. The van der Waals surface area contributed by atoms with E-state index in [1.807, 2.05) is 0 Å². The molecule has 0 saturated carbocycles. The van der Waals surface area contributed by atoms with E-state index in [2.05, 4.69) is 83.5 Å². The van der Waals surface area contributed by atoms with Crippen molar-refractivity contribution in [1.29, 1.82) is 0 Å². The molecule has 0 fully saturated rings. The second-order valence-corrected chi connectivity index (χ2v) is 5.98. The fourth-order valence-corrected chi connectivity index (χ4v) is 3.36. The van der Waals surface area contributed by atoms with E-state index in [1.54, 1.807) is 0 Å². The van der Waals surface area contributed by atoms with Crippen LogP contribution in [0.5, 0.6) is 0 Å². The molecular formula is C20H20N2. The quantitative estimate of drug-likeness (QED) is 0.743. The summed E-state index contributed by atoms with van der Waals surface area (Å²) in [6, 6.07) is 24.2. The second-order valence-electron chi connectivity index (χ2n) is 5.98. The van der Waals surface area contributed by atoms with Gasteiger partial charge in [0.05, 0.1) is 6.04 Å². The maximum absolute atomic E-state index is 3.65. The first-order valence-electron chi connectivity index (χ1n) is 7.85. The summed E-state index contributed by atoms with van der Waals surface area (Å²) in [4.78, 5) is 0. The SMILES string of the molecule is Cc1ccccc1-c1ccc2n1C[C@@H](c1ccccc1)NC2. The summed E-state index contributed by atoms with van der Waals surface area (Å²) in [5.74, 6) is 0. The molecular weight excluding hydrogens is 268 g/mol. The van der Waals surface area contributed by atoms with Gasteiger partial charge in [0.25, 0.3) is 0 Å². The number of nitrogens with one attached hydrogen (secondary N) is 1. The lowest BCUT2D eigenvalue weighted by atomic mass is 10.0. The lowest BCUT2D eigenvalue weighted by molar-refractivity contribution is 0.406. The number of benzene rings is 2. The molecule has 2 heterocycles. The van der Waals surface area contributed by atoms with Crippen LogP contribution in [0.4, 0.5) is 0 Å². The van der Waals surface area contributed by atoms with Crippen LogP contribution < -0.4 is 5.32 Å². The molecule has 0 saturated heterocycles. The Hall–Kier alpha value is -2.32. The minimum absolute atomic E-state index is 0.379. The molecule has 1 aromatic heterocycles. The third-order valence-corrected chi connectivity index (χ3v) is 4.59. The van der Waals surface area contributed by atoms with Crippen LogP contribution in [-0.2, 0) is 13.1 Å². The van der Waals surface area contributed by atoms with Crippen molar-refractivity contribution in [3.05, 3.63) is 83.6 Å². The number of aryl methyl sites for hydroxylation is 1. The van der Waals surface area contributed by atoms with Crippen LogP contribution in [0.2, 0.25) is 0 Å². The van der Waals surface area contributed by atoms with Crippen molar-refractivity contribution in [2.75, 3.05) is 0 Å². The smallest absolute Gasteiger partial charge is 0.0505 e. The Labute approximate surface area is 131 Å². The van der Waals surface area contributed by atoms with Gasteiger partial charge in [-0.3, -0.25) is 0 Å². The van der Waals surface area contributed by atoms with Crippen molar-refractivity contribution in [3.8, 4) is 11.3 Å². The van der Waals surface area contributed by atoms with E-state index in [-0.39, 0.29) is 0 Å². The van der Waals surface area contributed by atoms with Gasteiger partial charge in [-0.25, -0.2) is 0 Å². The Kier molecular flexibility index (Phi) is 3.32. The largest absolute Gasteiger partial charge is 0.341 e. The molecule has 0 amide bonds. The zero-order chi connectivity index (χ0) is 14.9. The van der Waals surface area contributed by atoms with E-state index in [1.165, 1.54) is 28.1 Å². The lowest BCUT2D eigenvalue weighted by Gasteiger charge is -2.28. The van der Waals surface area contributed by atoms with Crippen molar-refractivity contribution < 1.29 is 0 Å². The molecule has 2 heteroatoms. The minimum atomic E-state index is 0.379. The highest BCUT2D eigenvalue weighted by Gasteiger charge is 2.21. The number of fused-ring (bicyclic) bond motifs is 1. The Morgan fingerprint density at radius 2 is 1.68 bits per heavy atom. The molecule has 4 rings (SSSR count). The van der Waals surface area contributed by atoms with Gasteiger partial charge in [-0.15, -0.1) is 0 Å². The van der Waals surface area contributed by atoms with Crippen molar-refractivity contribution in [1.82, 2.24) is 9.88 Å². The van der Waals surface area contributed by atoms with Crippen LogP contribution in [0.3, 0.4) is 0 Å². The Morgan fingerprint density at radius 1 is 0.909 bits per heavy atom. The van der Waals surface area contributed by atoms with E-state index in [4.69, 9.17) is 0 Å². The predicted molar refractivity (Wildman–Crippen MR) is 90.6 cm³/mol. The molecule has 2 aromatic carbocycles. The van der Waals surface area contributed by atoms with Crippen LogP contribution in [-0.4, -0.2) is 4.57 Å². The topological polar surface area (TPSA) is 17.0 Å². The van der Waals surface area contributed by atoms with Crippen molar-refractivity contribution in [2.24, 2.45) is 0 Å². The maximum Gasteiger partial charge on any atom is 0.0505 e. The molecule has 0 radical (unpaired) electrons. The molecule has 3 aromatic rings. The molecule has 0 bridgehead atoms. The van der Waals surface area contributed by atoms with Crippen LogP contribution in [0.25, 0.3) is 11.3 Å². The normalized spacial score (nSPS) is 17.2. The third-order valence-electron chi connectivity index (χ3n) is 4.59. The van der Waals surface area contributed by atoms with E-state index < -0.39 is 0 Å². The fraction of sp³-hybridized carbons (Fsp3) is 0.200. The maximum atomic E-state index is 3.65. The molecule has 1 atom stereocenters. The predicted octanol–water partition coefficient (Wildman–Crippen LogP) is 4.31. The standard InChI is InChI=1S/C20H20N2/c1-15-7-5-6-10-18(15)20-12-11-17-13-21-19(14-22(17)20)16-8-3-2-4-9-16/h2-12,19,21H,13-14H2,1H3/t19-/m0/s1. The van der Waals surface area contributed by atoms with Gasteiger partial charge in [-0.1, -0.05) is 54.6 Å². The fourth-order valence-electron chi connectivity index (χ4n) is 3.36. The van der Waals surface area contributed by atoms with Gasteiger partial charge in [0.15, 0.2) is 0 Å². The highest BCUT2D eigenvalue weighted by atomic mass is 15.1. The first-order valence-corrected chi connectivity index (χ1v) is 7.85. The van der Waals surface area contributed by atoms with Gasteiger partial charge >= 0.3 is 0 Å². The summed E-state index contributed by atoms with van der Waals surface area (Å²) >= 11 is 0. The zero-order valence-electron chi connectivity index (χ0n) is 12.8. The average molecular weight is 288 g/mol. The molecule has 0 unspecified atom stereocenters. The van der Waals surface area contributed by atoms with E-state index in [0.717, 1.165) is 13.1 Å². The number of aromatic nitrogens is 1. The van der Waals surface area contributed by atoms with Crippen LogP contribution in [0, 0.1) is 6.92 Å². The summed E-state index contributed by atoms with van der Waals surface area (Å²) in [5.41, 5.74) is 6.72. The van der Waals surface area contributed by atoms with E-state index in [0.29, 0.717) is 6.04 Å². The average Bonchev–Trinajstić information content (AvgIpc) is 2.99. The summed E-state index contributed by atoms with van der Waals surface area (Å²) in [6.45, 7) is 4.09.